The highest BCUT2D eigenvalue weighted by atomic mass is 32.2. The molecule has 10 nitrogen and oxygen atoms in total. The molecule has 3 heterocycles. The van der Waals surface area contributed by atoms with Crippen LogP contribution in [0.3, 0.4) is 0 Å². The summed E-state index contributed by atoms with van der Waals surface area (Å²) in [6, 6.07) is 0.284. The van der Waals surface area contributed by atoms with Gasteiger partial charge in [0.25, 0.3) is 0 Å². The molecule has 0 bridgehead atoms. The normalized spacial score (nSPS) is 25.4. The summed E-state index contributed by atoms with van der Waals surface area (Å²) in [7, 11) is 0. The van der Waals surface area contributed by atoms with Gasteiger partial charge in [0.15, 0.2) is 23.3 Å². The van der Waals surface area contributed by atoms with E-state index in [-0.39, 0.29) is 11.3 Å². The van der Waals surface area contributed by atoms with Crippen LogP contribution in [-0.2, 0) is 4.74 Å². The van der Waals surface area contributed by atoms with Crippen molar-refractivity contribution in [1.82, 2.24) is 20.0 Å². The number of benzene rings is 1. The summed E-state index contributed by atoms with van der Waals surface area (Å²) >= 11 is 1.02. The Morgan fingerprint density at radius 1 is 1.14 bits per heavy atom. The van der Waals surface area contributed by atoms with Gasteiger partial charge in [0, 0.05) is 12.5 Å². The molecule has 0 radical (unpaired) electrons. The second kappa shape index (κ2) is 10.3. The number of aromatic nitrogens is 4. The van der Waals surface area contributed by atoms with Gasteiger partial charge in [-0.25, -0.2) is 22.8 Å². The number of rotatable bonds is 7. The third-order valence-corrected chi connectivity index (χ3v) is 7.77. The van der Waals surface area contributed by atoms with Gasteiger partial charge in [0.1, 0.15) is 41.2 Å². The summed E-state index contributed by atoms with van der Waals surface area (Å²) in [4.78, 5) is 4.36. The lowest BCUT2D eigenvalue weighted by molar-refractivity contribution is -0.179. The fraction of sp³-hybridized carbons (Fsp3) is 0.522. The van der Waals surface area contributed by atoms with Crippen LogP contribution in [0.1, 0.15) is 42.5 Å². The maximum atomic E-state index is 13.7. The van der Waals surface area contributed by atoms with E-state index >= 15 is 0 Å². The molecule has 2 aromatic heterocycles. The zero-order valence-corrected chi connectivity index (χ0v) is 21.2. The van der Waals surface area contributed by atoms with E-state index in [1.54, 1.807) is 27.7 Å². The summed E-state index contributed by atoms with van der Waals surface area (Å²) in [5.74, 6) is -3.60. The smallest absolute Gasteiger partial charge is 0.194 e. The summed E-state index contributed by atoms with van der Waals surface area (Å²) in [5.41, 5.74) is -2.15. The zero-order chi connectivity index (χ0) is 27.2. The second-order valence-electron chi connectivity index (χ2n) is 9.38. The highest BCUT2D eigenvalue weighted by Gasteiger charge is 2.48. The van der Waals surface area contributed by atoms with Crippen LogP contribution in [0.2, 0.25) is 0 Å². The molecule has 202 valence electrons. The minimum Gasteiger partial charge on any atom is -0.446 e. The molecule has 1 aromatic carbocycles. The van der Waals surface area contributed by atoms with E-state index in [1.165, 1.54) is 6.20 Å². The fourth-order valence-electron chi connectivity index (χ4n) is 4.24. The van der Waals surface area contributed by atoms with Crippen LogP contribution in [0, 0.1) is 31.3 Å². The lowest BCUT2D eigenvalue weighted by Crippen LogP contribution is -2.55. The molecular formula is C23H27F3N4O6S. The van der Waals surface area contributed by atoms with Gasteiger partial charge in [-0.3, -0.25) is 0 Å². The first-order valence-electron chi connectivity index (χ1n) is 11.3. The maximum absolute atomic E-state index is 13.7. The predicted molar refractivity (Wildman–Crippen MR) is 125 cm³/mol. The first-order valence-corrected chi connectivity index (χ1v) is 12.3. The van der Waals surface area contributed by atoms with E-state index in [0.717, 1.165) is 28.6 Å². The van der Waals surface area contributed by atoms with Gasteiger partial charge in [0.2, 0.25) is 0 Å². The van der Waals surface area contributed by atoms with Gasteiger partial charge in [-0.2, -0.15) is 0 Å². The molecule has 4 rings (SSSR count). The number of aliphatic hydroxyl groups excluding tert-OH is 3. The predicted octanol–water partition coefficient (Wildman–Crippen LogP) is 2.19. The lowest BCUT2D eigenvalue weighted by atomic mass is 9.97. The molecule has 0 unspecified atom stereocenters. The number of hydrogen-bond donors (Lipinski definition) is 4. The third kappa shape index (κ3) is 5.40. The number of hydrogen-bond acceptors (Lipinski definition) is 10. The summed E-state index contributed by atoms with van der Waals surface area (Å²) in [5, 5.41) is 49.8. The lowest BCUT2D eigenvalue weighted by Gasteiger charge is -2.43. The molecule has 1 aliphatic heterocycles. The van der Waals surface area contributed by atoms with E-state index in [2.05, 4.69) is 15.3 Å². The number of aryl methyl sites for hydroxylation is 2. The van der Waals surface area contributed by atoms with Crippen molar-refractivity contribution in [2.45, 2.75) is 68.3 Å². The van der Waals surface area contributed by atoms with Crippen LogP contribution in [0.15, 0.2) is 22.7 Å². The van der Waals surface area contributed by atoms with E-state index < -0.39 is 64.7 Å². The first-order chi connectivity index (χ1) is 17.3. The van der Waals surface area contributed by atoms with Crippen molar-refractivity contribution >= 4 is 11.8 Å². The molecule has 1 saturated heterocycles. The maximum Gasteiger partial charge on any atom is 0.194 e. The number of thioether (sulfide) groups is 1. The van der Waals surface area contributed by atoms with Crippen molar-refractivity contribution in [2.75, 3.05) is 6.61 Å². The molecule has 0 amide bonds. The van der Waals surface area contributed by atoms with E-state index in [9.17, 15) is 33.6 Å². The number of nitrogens with zero attached hydrogens (tertiary/aromatic N) is 4. The molecule has 1 fully saturated rings. The van der Waals surface area contributed by atoms with E-state index in [0.29, 0.717) is 17.3 Å². The molecule has 4 N–H and O–H groups in total. The Hall–Kier alpha value is -2.49. The minimum atomic E-state index is -1.63. The first kappa shape index (κ1) is 27.5. The Kier molecular flexibility index (Phi) is 7.70. The molecule has 37 heavy (non-hydrogen) atoms. The van der Waals surface area contributed by atoms with Gasteiger partial charge in [0.05, 0.1) is 29.3 Å². The number of aliphatic hydroxyl groups is 4. The summed E-state index contributed by atoms with van der Waals surface area (Å²) < 4.78 is 53.2. The second-order valence-corrected chi connectivity index (χ2v) is 10.6. The Morgan fingerprint density at radius 2 is 1.78 bits per heavy atom. The Bertz CT molecular complexity index is 1240. The van der Waals surface area contributed by atoms with Gasteiger partial charge < -0.3 is 29.6 Å². The SMILES string of the molecule is Cc1nc([C@@H](S[C@@H]2O[C@H](CO)[C@H](O)[C@H](n3cc(-c4cc(F)c(F)c(F)c4)nn3)[C@H]2O)C(C)(C)O)c(C)o1. The molecular weight excluding hydrogens is 517 g/mol. The van der Waals surface area contributed by atoms with Crippen molar-refractivity contribution in [3.05, 3.63) is 53.1 Å². The third-order valence-electron chi connectivity index (χ3n) is 6.04. The van der Waals surface area contributed by atoms with E-state index in [1.807, 2.05) is 0 Å². The van der Waals surface area contributed by atoms with Crippen molar-refractivity contribution in [3.63, 3.8) is 0 Å². The number of halogens is 3. The van der Waals surface area contributed by atoms with Crippen LogP contribution < -0.4 is 0 Å². The molecule has 1 aliphatic rings. The fourth-order valence-corrected chi connectivity index (χ4v) is 5.72. The highest BCUT2D eigenvalue weighted by Crippen LogP contribution is 2.46. The van der Waals surface area contributed by atoms with Crippen molar-refractivity contribution in [1.29, 1.82) is 0 Å². The van der Waals surface area contributed by atoms with Crippen LogP contribution >= 0.6 is 11.8 Å². The van der Waals surface area contributed by atoms with Crippen molar-refractivity contribution in [2.24, 2.45) is 0 Å². The average molecular weight is 545 g/mol. The Labute approximate surface area is 214 Å². The minimum absolute atomic E-state index is 0.0449. The topological polar surface area (TPSA) is 147 Å². The van der Waals surface area contributed by atoms with Crippen LogP contribution in [-0.4, -0.2) is 76.4 Å². The Balaban J connectivity index is 1.67. The molecule has 0 spiro atoms. The van der Waals surface area contributed by atoms with Gasteiger partial charge >= 0.3 is 0 Å². The van der Waals surface area contributed by atoms with Crippen LogP contribution in [0.25, 0.3) is 11.3 Å². The van der Waals surface area contributed by atoms with Gasteiger partial charge in [-0.05, 0) is 32.9 Å². The standard InChI is InChI=1S/C23H27F3N4O6S/c1-9-17(27-10(2)35-9)21(23(3,4)34)37-22-20(33)18(19(32)15(8-31)36-22)30-7-14(28-29-30)11-5-12(24)16(26)13(25)6-11/h5-7,15,18-22,31-34H,8H2,1-4H3/t15-,18+,19+,20-,21-,22+/m1/s1. The summed E-state index contributed by atoms with van der Waals surface area (Å²) in [6.45, 7) is 5.86. The number of ether oxygens (including phenoxy) is 1. The van der Waals surface area contributed by atoms with Crippen molar-refractivity contribution < 1.29 is 42.8 Å². The quantitative estimate of drug-likeness (QED) is 0.327. The van der Waals surface area contributed by atoms with Crippen molar-refractivity contribution in [3.8, 4) is 11.3 Å². The van der Waals surface area contributed by atoms with Crippen LogP contribution in [0.5, 0.6) is 0 Å². The molecule has 0 saturated carbocycles. The molecule has 3 aromatic rings. The molecule has 0 aliphatic carbocycles. The molecule has 14 heteroatoms. The average Bonchev–Trinajstić information content (AvgIpc) is 3.42. The Morgan fingerprint density at radius 3 is 2.32 bits per heavy atom. The molecule has 6 atom stereocenters. The number of oxazole rings is 1. The van der Waals surface area contributed by atoms with E-state index in [4.69, 9.17) is 9.15 Å². The summed E-state index contributed by atoms with van der Waals surface area (Å²) in [6.07, 6.45) is -2.83. The monoisotopic (exact) mass is 544 g/mol. The zero-order valence-electron chi connectivity index (χ0n) is 20.3. The van der Waals surface area contributed by atoms with Crippen LogP contribution in [0.4, 0.5) is 13.2 Å². The largest absolute Gasteiger partial charge is 0.446 e. The highest BCUT2D eigenvalue weighted by molar-refractivity contribution is 8.00. The van der Waals surface area contributed by atoms with Gasteiger partial charge in [-0.1, -0.05) is 5.21 Å². The van der Waals surface area contributed by atoms with Gasteiger partial charge in [-0.15, -0.1) is 16.9 Å².